The average molecular weight is 312 g/mol. The van der Waals surface area contributed by atoms with Gasteiger partial charge in [0.15, 0.2) is 0 Å². The van der Waals surface area contributed by atoms with Gasteiger partial charge in [-0.05, 0) is 30.9 Å². The molecule has 0 bridgehead atoms. The summed E-state index contributed by atoms with van der Waals surface area (Å²) in [7, 11) is -3.30. The third-order valence-corrected chi connectivity index (χ3v) is 5.53. The van der Waals surface area contributed by atoms with Crippen LogP contribution in [0.5, 0.6) is 0 Å². The molecule has 1 aromatic carbocycles. The lowest BCUT2D eigenvalue weighted by Crippen LogP contribution is -2.43. The van der Waals surface area contributed by atoms with E-state index in [1.807, 2.05) is 31.2 Å². The number of nitrogens with zero attached hydrogens (tertiary/aromatic N) is 1. The smallest absolute Gasteiger partial charge is 0.218 e. The summed E-state index contributed by atoms with van der Waals surface area (Å²) < 4.78 is 32.2. The average Bonchev–Trinajstić information content (AvgIpc) is 2.48. The molecule has 1 heterocycles. The highest BCUT2D eigenvalue weighted by Gasteiger charge is 2.29. The van der Waals surface area contributed by atoms with E-state index in [4.69, 9.17) is 10.5 Å². The Morgan fingerprint density at radius 2 is 2.14 bits per heavy atom. The van der Waals surface area contributed by atoms with Crippen LogP contribution in [0.4, 0.5) is 0 Å². The zero-order valence-electron chi connectivity index (χ0n) is 12.5. The maximum Gasteiger partial charge on any atom is 0.218 e. The fourth-order valence-corrected chi connectivity index (χ4v) is 4.26. The van der Waals surface area contributed by atoms with E-state index in [2.05, 4.69) is 0 Å². The van der Waals surface area contributed by atoms with E-state index in [-0.39, 0.29) is 11.9 Å². The van der Waals surface area contributed by atoms with E-state index >= 15 is 0 Å². The lowest BCUT2D eigenvalue weighted by atomic mass is 10.1. The van der Waals surface area contributed by atoms with Crippen molar-refractivity contribution in [1.82, 2.24) is 4.31 Å². The van der Waals surface area contributed by atoms with Crippen molar-refractivity contribution in [2.75, 3.05) is 19.7 Å². The molecule has 2 rings (SSSR count). The van der Waals surface area contributed by atoms with Crippen LogP contribution in [0.1, 0.15) is 30.9 Å². The van der Waals surface area contributed by atoms with Crippen molar-refractivity contribution in [3.05, 3.63) is 35.4 Å². The van der Waals surface area contributed by atoms with Crippen LogP contribution in [0.25, 0.3) is 0 Å². The van der Waals surface area contributed by atoms with E-state index in [0.29, 0.717) is 26.2 Å². The lowest BCUT2D eigenvalue weighted by Gasteiger charge is -2.31. The van der Waals surface area contributed by atoms with E-state index in [1.165, 1.54) is 0 Å². The normalized spacial score (nSPS) is 20.6. The summed E-state index contributed by atoms with van der Waals surface area (Å²) >= 11 is 0. The predicted octanol–water partition coefficient (Wildman–Crippen LogP) is 1.48. The molecule has 0 saturated carbocycles. The van der Waals surface area contributed by atoms with Crippen molar-refractivity contribution >= 4 is 10.0 Å². The zero-order valence-corrected chi connectivity index (χ0v) is 13.3. The highest BCUT2D eigenvalue weighted by Crippen LogP contribution is 2.19. The molecule has 0 aromatic heterocycles. The SMILES string of the molecule is CCOC1CCCN(S(=O)(=O)Cc2cccc(CN)c2)C1. The Labute approximate surface area is 127 Å². The van der Waals surface area contributed by atoms with Crippen molar-refractivity contribution in [2.24, 2.45) is 5.73 Å². The summed E-state index contributed by atoms with van der Waals surface area (Å²) in [5.41, 5.74) is 7.34. The first-order valence-electron chi connectivity index (χ1n) is 7.42. The number of piperidine rings is 1. The molecule has 2 N–H and O–H groups in total. The summed E-state index contributed by atoms with van der Waals surface area (Å²) in [6, 6.07) is 7.45. The second-order valence-corrected chi connectivity index (χ2v) is 7.33. The molecule has 5 nitrogen and oxygen atoms in total. The van der Waals surface area contributed by atoms with Crippen molar-refractivity contribution in [3.8, 4) is 0 Å². The minimum absolute atomic E-state index is 0.0221. The molecule has 1 aliphatic rings. The lowest BCUT2D eigenvalue weighted by molar-refractivity contribution is 0.0264. The second-order valence-electron chi connectivity index (χ2n) is 5.36. The quantitative estimate of drug-likeness (QED) is 0.863. The number of sulfonamides is 1. The van der Waals surface area contributed by atoms with E-state index in [1.54, 1.807) is 4.31 Å². The number of hydrogen-bond acceptors (Lipinski definition) is 4. The minimum Gasteiger partial charge on any atom is -0.377 e. The Kier molecular flexibility index (Phi) is 5.75. The fraction of sp³-hybridized carbons (Fsp3) is 0.600. The van der Waals surface area contributed by atoms with Crippen molar-refractivity contribution in [2.45, 2.75) is 38.2 Å². The topological polar surface area (TPSA) is 72.6 Å². The Morgan fingerprint density at radius 3 is 2.86 bits per heavy atom. The van der Waals surface area contributed by atoms with Crippen LogP contribution in [-0.2, 0) is 27.1 Å². The van der Waals surface area contributed by atoms with Gasteiger partial charge >= 0.3 is 0 Å². The molecule has 0 radical (unpaired) electrons. The molecule has 6 heteroatoms. The molecular formula is C15H24N2O3S. The monoisotopic (exact) mass is 312 g/mol. The number of rotatable bonds is 6. The van der Waals surface area contributed by atoms with E-state index in [0.717, 1.165) is 24.0 Å². The van der Waals surface area contributed by atoms with Gasteiger partial charge in [-0.15, -0.1) is 0 Å². The van der Waals surface area contributed by atoms with Crippen LogP contribution in [0.2, 0.25) is 0 Å². The second kappa shape index (κ2) is 7.35. The number of nitrogens with two attached hydrogens (primary N) is 1. The molecule has 1 aliphatic heterocycles. The minimum atomic E-state index is -3.30. The first kappa shape index (κ1) is 16.4. The van der Waals surface area contributed by atoms with Gasteiger partial charge in [-0.3, -0.25) is 0 Å². The van der Waals surface area contributed by atoms with Crippen LogP contribution in [0.15, 0.2) is 24.3 Å². The standard InChI is InChI=1S/C15H24N2O3S/c1-2-20-15-7-4-8-17(11-15)21(18,19)12-14-6-3-5-13(9-14)10-16/h3,5-6,9,15H,2,4,7-8,10-12,16H2,1H3. The summed E-state index contributed by atoms with van der Waals surface area (Å²) in [4.78, 5) is 0. The van der Waals surface area contributed by atoms with Gasteiger partial charge in [0.05, 0.1) is 11.9 Å². The Balaban J connectivity index is 2.06. The van der Waals surface area contributed by atoms with Gasteiger partial charge in [-0.1, -0.05) is 24.3 Å². The number of benzene rings is 1. The van der Waals surface area contributed by atoms with Crippen molar-refractivity contribution in [1.29, 1.82) is 0 Å². The maximum absolute atomic E-state index is 12.5. The highest BCUT2D eigenvalue weighted by atomic mass is 32.2. The summed E-state index contributed by atoms with van der Waals surface area (Å²) in [6.07, 6.45) is 1.81. The Hall–Kier alpha value is -0.950. The molecular weight excluding hydrogens is 288 g/mol. The number of ether oxygens (including phenoxy) is 1. The van der Waals surface area contributed by atoms with Gasteiger partial charge in [-0.25, -0.2) is 8.42 Å². The highest BCUT2D eigenvalue weighted by molar-refractivity contribution is 7.88. The number of hydrogen-bond donors (Lipinski definition) is 1. The molecule has 1 atom stereocenters. The molecule has 0 aliphatic carbocycles. The molecule has 1 unspecified atom stereocenters. The predicted molar refractivity (Wildman–Crippen MR) is 83.2 cm³/mol. The van der Waals surface area contributed by atoms with Crippen LogP contribution in [0.3, 0.4) is 0 Å². The summed E-state index contributed by atoms with van der Waals surface area (Å²) in [5.74, 6) is 0.0275. The first-order valence-corrected chi connectivity index (χ1v) is 9.03. The van der Waals surface area contributed by atoms with Crippen LogP contribution >= 0.6 is 0 Å². The van der Waals surface area contributed by atoms with Gasteiger partial charge in [0.25, 0.3) is 0 Å². The first-order chi connectivity index (χ1) is 10.0. The molecule has 0 spiro atoms. The third kappa shape index (κ3) is 4.51. The van der Waals surface area contributed by atoms with Crippen LogP contribution < -0.4 is 5.73 Å². The van der Waals surface area contributed by atoms with Crippen LogP contribution in [-0.4, -0.2) is 38.5 Å². The fourth-order valence-electron chi connectivity index (χ4n) is 2.68. The van der Waals surface area contributed by atoms with Gasteiger partial charge in [-0.2, -0.15) is 4.31 Å². The molecule has 1 fully saturated rings. The summed E-state index contributed by atoms with van der Waals surface area (Å²) in [6.45, 7) is 4.03. The van der Waals surface area contributed by atoms with Crippen molar-refractivity contribution < 1.29 is 13.2 Å². The molecule has 1 aromatic rings. The zero-order chi connectivity index (χ0) is 15.3. The van der Waals surface area contributed by atoms with Gasteiger partial charge < -0.3 is 10.5 Å². The molecule has 118 valence electrons. The maximum atomic E-state index is 12.5. The van der Waals surface area contributed by atoms with Gasteiger partial charge in [0.2, 0.25) is 10.0 Å². The summed E-state index contributed by atoms with van der Waals surface area (Å²) in [5, 5.41) is 0. The third-order valence-electron chi connectivity index (χ3n) is 3.71. The molecule has 0 amide bonds. The molecule has 21 heavy (non-hydrogen) atoms. The van der Waals surface area contributed by atoms with Crippen LogP contribution in [0, 0.1) is 0 Å². The van der Waals surface area contributed by atoms with E-state index in [9.17, 15) is 8.42 Å². The van der Waals surface area contributed by atoms with Gasteiger partial charge in [0.1, 0.15) is 0 Å². The van der Waals surface area contributed by atoms with Gasteiger partial charge in [0, 0.05) is 26.2 Å². The van der Waals surface area contributed by atoms with Crippen molar-refractivity contribution in [3.63, 3.8) is 0 Å². The van der Waals surface area contributed by atoms with E-state index < -0.39 is 10.0 Å². The Morgan fingerprint density at radius 1 is 1.38 bits per heavy atom. The molecule has 1 saturated heterocycles. The largest absolute Gasteiger partial charge is 0.377 e. The Bertz CT molecular complexity index is 558.